The predicted octanol–water partition coefficient (Wildman–Crippen LogP) is 0.0427. The highest BCUT2D eigenvalue weighted by Crippen LogP contribution is 2.14. The first kappa shape index (κ1) is 18.7. The third-order valence-corrected chi connectivity index (χ3v) is 3.68. The average molecular weight is 338 g/mol. The molecule has 3 N–H and O–H groups in total. The number of hydrogen-bond donors (Lipinski definition) is 2. The normalized spacial score (nSPS) is 13.6. The topological polar surface area (TPSA) is 36.8 Å². The molecule has 0 fully saturated rings. The van der Waals surface area contributed by atoms with Gasteiger partial charge in [-0.15, -0.1) is 0 Å². The van der Waals surface area contributed by atoms with Crippen molar-refractivity contribution in [2.75, 3.05) is 6.54 Å². The molecule has 0 saturated heterocycles. The van der Waals surface area contributed by atoms with Gasteiger partial charge in [0.05, 0.1) is 6.54 Å². The lowest BCUT2D eigenvalue weighted by Crippen LogP contribution is -3.00. The zero-order chi connectivity index (χ0) is 15.1. The van der Waals surface area contributed by atoms with Crippen molar-refractivity contribution >= 4 is 17.7 Å². The Morgan fingerprint density at radius 1 is 1.14 bits per heavy atom. The van der Waals surface area contributed by atoms with Gasteiger partial charge in [-0.05, 0) is 36.3 Å². The van der Waals surface area contributed by atoms with Gasteiger partial charge in [-0.25, -0.2) is 0 Å². The maximum atomic E-state index is 10.3. The Bertz CT molecular complexity index is 587. The van der Waals surface area contributed by atoms with E-state index in [0.29, 0.717) is 0 Å². The first-order chi connectivity index (χ1) is 10.2. The van der Waals surface area contributed by atoms with Crippen molar-refractivity contribution in [2.24, 2.45) is 0 Å². The second kappa shape index (κ2) is 9.65. The largest absolute Gasteiger partial charge is 1.00 e. The number of benzene rings is 2. The lowest BCUT2D eigenvalue weighted by molar-refractivity contribution is -0.686. The van der Waals surface area contributed by atoms with E-state index in [1.54, 1.807) is 0 Å². The van der Waals surface area contributed by atoms with Crippen LogP contribution in [-0.2, 0) is 0 Å². The molecule has 0 aliphatic rings. The van der Waals surface area contributed by atoms with Crippen molar-refractivity contribution in [1.29, 1.82) is 0 Å². The Hall–Kier alpha value is -1.32. The fourth-order valence-electron chi connectivity index (χ4n) is 2.19. The zero-order valence-electron chi connectivity index (χ0n) is 12.5. The Kier molecular flexibility index (Phi) is 8.21. The molecule has 2 aromatic rings. The summed E-state index contributed by atoms with van der Waals surface area (Å²) in [6.45, 7) is 2.85. The van der Waals surface area contributed by atoms with Crippen LogP contribution < -0.4 is 17.7 Å². The summed E-state index contributed by atoms with van der Waals surface area (Å²) in [6.07, 6.45) is 3.68. The average Bonchev–Trinajstić information content (AvgIpc) is 2.51. The Labute approximate surface area is 143 Å². The number of quaternary nitrogens is 1. The minimum Gasteiger partial charge on any atom is -1.00 e. The van der Waals surface area contributed by atoms with E-state index in [0.717, 1.165) is 22.7 Å². The lowest BCUT2D eigenvalue weighted by atomic mass is 10.0. The second-order valence-electron chi connectivity index (χ2n) is 5.14. The zero-order valence-corrected chi connectivity index (χ0v) is 14.0. The van der Waals surface area contributed by atoms with Crippen LogP contribution in [0.2, 0.25) is 5.02 Å². The number of aliphatic hydroxyl groups excluding tert-OH is 1. The summed E-state index contributed by atoms with van der Waals surface area (Å²) in [4.78, 5) is 0. The van der Waals surface area contributed by atoms with Crippen molar-refractivity contribution in [3.8, 4) is 0 Å². The monoisotopic (exact) mass is 337 g/mol. The van der Waals surface area contributed by atoms with Gasteiger partial charge in [0.2, 0.25) is 0 Å². The molecule has 0 aliphatic carbocycles. The molecular formula is C18H21Cl2NO. The minimum absolute atomic E-state index is 0. The molecule has 2 atom stereocenters. The molecule has 4 heteroatoms. The molecule has 0 spiro atoms. The third kappa shape index (κ3) is 5.82. The van der Waals surface area contributed by atoms with Gasteiger partial charge in [-0.3, -0.25) is 0 Å². The van der Waals surface area contributed by atoms with Crippen molar-refractivity contribution in [2.45, 2.75) is 19.1 Å². The first-order valence-electron chi connectivity index (χ1n) is 7.15. The molecule has 0 heterocycles. The van der Waals surface area contributed by atoms with Crippen LogP contribution in [0.4, 0.5) is 0 Å². The fraction of sp³-hybridized carbons (Fsp3) is 0.222. The van der Waals surface area contributed by atoms with Gasteiger partial charge in [0, 0.05) is 5.02 Å². The molecule has 2 nitrogen and oxygen atoms in total. The van der Waals surface area contributed by atoms with Gasteiger partial charge in [-0.1, -0.05) is 60.1 Å². The highest BCUT2D eigenvalue weighted by atomic mass is 35.5. The summed E-state index contributed by atoms with van der Waals surface area (Å²) in [5.74, 6) is 0. The van der Waals surface area contributed by atoms with Gasteiger partial charge in [0.25, 0.3) is 0 Å². The van der Waals surface area contributed by atoms with E-state index in [1.807, 2.05) is 67.6 Å². The quantitative estimate of drug-likeness (QED) is 0.767. The maximum absolute atomic E-state index is 10.3. The molecule has 0 amide bonds. The summed E-state index contributed by atoms with van der Waals surface area (Å²) in [6, 6.07) is 17.6. The van der Waals surface area contributed by atoms with Crippen molar-refractivity contribution < 1.29 is 22.8 Å². The number of aliphatic hydroxyl groups is 1. The lowest BCUT2D eigenvalue weighted by Gasteiger charge is -2.16. The molecule has 2 rings (SSSR count). The SMILES string of the molecule is CC([NH2+]C/C=C/c1cccc(Cl)c1)C(O)c1ccccc1.[Cl-]. The van der Waals surface area contributed by atoms with Gasteiger partial charge < -0.3 is 22.8 Å². The molecule has 0 bridgehead atoms. The van der Waals surface area contributed by atoms with Crippen LogP contribution in [0.5, 0.6) is 0 Å². The molecular weight excluding hydrogens is 317 g/mol. The molecule has 0 aromatic heterocycles. The van der Waals surface area contributed by atoms with Crippen LogP contribution >= 0.6 is 11.6 Å². The van der Waals surface area contributed by atoms with E-state index < -0.39 is 6.10 Å². The van der Waals surface area contributed by atoms with Crippen molar-refractivity contribution in [3.63, 3.8) is 0 Å². The van der Waals surface area contributed by atoms with E-state index >= 15 is 0 Å². The Balaban J connectivity index is 0.00000242. The van der Waals surface area contributed by atoms with Crippen LogP contribution in [-0.4, -0.2) is 17.7 Å². The van der Waals surface area contributed by atoms with Gasteiger partial charge >= 0.3 is 0 Å². The van der Waals surface area contributed by atoms with E-state index in [4.69, 9.17) is 11.6 Å². The molecule has 2 aromatic carbocycles. The van der Waals surface area contributed by atoms with E-state index in [9.17, 15) is 5.11 Å². The number of rotatable bonds is 6. The highest BCUT2D eigenvalue weighted by molar-refractivity contribution is 6.30. The first-order valence-corrected chi connectivity index (χ1v) is 7.53. The fourth-order valence-corrected chi connectivity index (χ4v) is 2.39. The van der Waals surface area contributed by atoms with Crippen LogP contribution in [0.15, 0.2) is 60.7 Å². The molecule has 0 radical (unpaired) electrons. The summed E-state index contributed by atoms with van der Waals surface area (Å²) < 4.78 is 0. The number of halogens is 2. The number of hydrogen-bond acceptors (Lipinski definition) is 1. The van der Waals surface area contributed by atoms with E-state index in [-0.39, 0.29) is 18.4 Å². The predicted molar refractivity (Wildman–Crippen MR) is 88.1 cm³/mol. The molecule has 2 unspecified atom stereocenters. The van der Waals surface area contributed by atoms with Gasteiger partial charge in [0.1, 0.15) is 12.1 Å². The Morgan fingerprint density at radius 3 is 2.55 bits per heavy atom. The second-order valence-corrected chi connectivity index (χ2v) is 5.58. The summed E-state index contributed by atoms with van der Waals surface area (Å²) >= 11 is 5.94. The standard InChI is InChI=1S/C18H20ClNO.ClH/c1-14(18(21)16-9-3-2-4-10-16)20-12-6-8-15-7-5-11-17(19)13-15;/h2-11,13-14,18,20-21H,12H2,1H3;1H/b8-6+;. The molecule has 118 valence electrons. The Morgan fingerprint density at radius 2 is 1.86 bits per heavy atom. The smallest absolute Gasteiger partial charge is 0.130 e. The van der Waals surface area contributed by atoms with E-state index in [1.165, 1.54) is 0 Å². The molecule has 22 heavy (non-hydrogen) atoms. The molecule has 0 saturated carbocycles. The van der Waals surface area contributed by atoms with Crippen LogP contribution in [0.3, 0.4) is 0 Å². The van der Waals surface area contributed by atoms with Crippen LogP contribution in [0.1, 0.15) is 24.2 Å². The van der Waals surface area contributed by atoms with Crippen molar-refractivity contribution in [1.82, 2.24) is 0 Å². The van der Waals surface area contributed by atoms with Crippen LogP contribution in [0, 0.1) is 0 Å². The van der Waals surface area contributed by atoms with Crippen LogP contribution in [0.25, 0.3) is 6.08 Å². The number of nitrogens with two attached hydrogens (primary N) is 1. The van der Waals surface area contributed by atoms with Crippen molar-refractivity contribution in [3.05, 3.63) is 76.8 Å². The summed E-state index contributed by atoms with van der Waals surface area (Å²) in [5.41, 5.74) is 2.05. The minimum atomic E-state index is -0.453. The maximum Gasteiger partial charge on any atom is 0.130 e. The van der Waals surface area contributed by atoms with E-state index in [2.05, 4.69) is 11.4 Å². The third-order valence-electron chi connectivity index (χ3n) is 3.44. The summed E-state index contributed by atoms with van der Waals surface area (Å²) in [7, 11) is 0. The molecule has 0 aliphatic heterocycles. The van der Waals surface area contributed by atoms with Gasteiger partial charge in [0.15, 0.2) is 0 Å². The highest BCUT2D eigenvalue weighted by Gasteiger charge is 2.17. The van der Waals surface area contributed by atoms with Gasteiger partial charge in [-0.2, -0.15) is 0 Å². The summed E-state index contributed by atoms with van der Waals surface area (Å²) in [5, 5.41) is 13.1.